The number of hydrogen-bond acceptors (Lipinski definition) is 8. The number of nitrogens with one attached hydrogen (secondary N) is 2. The average molecular weight is 435 g/mol. The SMILES string of the molecule is NC1NCNC2C1CCN2[C@@H]1O[C@H]([C@@H]2OC[C@@H](F)C3CC(Cl)CCC32)[C@@H](O)[C@H]1O. The van der Waals surface area contributed by atoms with Gasteiger partial charge in [-0.05, 0) is 37.5 Å². The zero-order chi connectivity index (χ0) is 20.3. The van der Waals surface area contributed by atoms with Gasteiger partial charge < -0.3 is 25.4 Å². The molecule has 29 heavy (non-hydrogen) atoms. The number of nitrogens with zero attached hydrogens (tertiary/aromatic N) is 1. The van der Waals surface area contributed by atoms with Crippen molar-refractivity contribution >= 4 is 11.6 Å². The smallest absolute Gasteiger partial charge is 0.141 e. The minimum Gasteiger partial charge on any atom is -0.387 e. The maximum Gasteiger partial charge on any atom is 0.141 e. The van der Waals surface area contributed by atoms with Gasteiger partial charge in [-0.2, -0.15) is 0 Å². The maximum atomic E-state index is 14.5. The third-order valence-electron chi connectivity index (χ3n) is 7.75. The Balaban J connectivity index is 1.32. The molecular weight excluding hydrogens is 403 g/mol. The van der Waals surface area contributed by atoms with E-state index in [1.54, 1.807) is 0 Å². The van der Waals surface area contributed by atoms with E-state index in [2.05, 4.69) is 15.5 Å². The van der Waals surface area contributed by atoms with E-state index in [9.17, 15) is 14.6 Å². The van der Waals surface area contributed by atoms with Crippen LogP contribution in [0.2, 0.25) is 0 Å². The number of fused-ring (bicyclic) bond motifs is 2. The second-order valence-corrected chi connectivity index (χ2v) is 9.89. The van der Waals surface area contributed by atoms with Gasteiger partial charge in [-0.3, -0.25) is 15.5 Å². The summed E-state index contributed by atoms with van der Waals surface area (Å²) in [4.78, 5) is 2.06. The van der Waals surface area contributed by atoms with Crippen LogP contribution in [0.25, 0.3) is 0 Å². The van der Waals surface area contributed by atoms with E-state index in [4.69, 9.17) is 26.8 Å². The molecule has 0 aromatic heterocycles. The molecule has 5 aliphatic rings. The molecule has 0 radical (unpaired) electrons. The lowest BCUT2D eigenvalue weighted by atomic mass is 9.70. The molecule has 166 valence electrons. The summed E-state index contributed by atoms with van der Waals surface area (Å²) < 4.78 is 26.6. The first-order chi connectivity index (χ1) is 14.0. The summed E-state index contributed by atoms with van der Waals surface area (Å²) in [5.41, 5.74) is 6.19. The monoisotopic (exact) mass is 434 g/mol. The van der Waals surface area contributed by atoms with Crippen LogP contribution in [0.3, 0.4) is 0 Å². The Morgan fingerprint density at radius 3 is 2.69 bits per heavy atom. The average Bonchev–Trinajstić information content (AvgIpc) is 3.26. The zero-order valence-corrected chi connectivity index (χ0v) is 17.1. The fraction of sp³-hybridized carbons (Fsp3) is 1.00. The van der Waals surface area contributed by atoms with Crippen LogP contribution in [0, 0.1) is 17.8 Å². The number of nitrogens with two attached hydrogens (primary N) is 1. The quantitative estimate of drug-likeness (QED) is 0.362. The topological polar surface area (TPSA) is 112 Å². The molecule has 0 aromatic carbocycles. The van der Waals surface area contributed by atoms with Gasteiger partial charge in [0.1, 0.15) is 30.7 Å². The third-order valence-corrected chi connectivity index (χ3v) is 8.14. The van der Waals surface area contributed by atoms with Gasteiger partial charge in [-0.15, -0.1) is 11.6 Å². The Morgan fingerprint density at radius 2 is 1.86 bits per heavy atom. The minimum atomic E-state index is -1.08. The molecule has 1 saturated carbocycles. The summed E-state index contributed by atoms with van der Waals surface area (Å²) in [5.74, 6) is -0.0364. The standard InChI is InChI=1S/C19H32ClFN4O4/c20-8-1-2-9-11(5-8)12(21)6-28-15(9)16-13(26)14(27)19(29-16)25-4-3-10-17(22)23-7-24-18(10)25/h8-19,23-24,26-27H,1-7,22H2/t8?,9?,10?,11?,12-,13+,14-,15-,16+,17?,18?,19-/m1/s1. The Kier molecular flexibility index (Phi) is 5.81. The molecule has 8 nitrogen and oxygen atoms in total. The van der Waals surface area contributed by atoms with E-state index in [1.807, 2.05) is 0 Å². The Bertz CT molecular complexity index is 609. The molecule has 10 heteroatoms. The van der Waals surface area contributed by atoms with E-state index in [-0.39, 0.29) is 42.1 Å². The third kappa shape index (κ3) is 3.52. The van der Waals surface area contributed by atoms with Gasteiger partial charge >= 0.3 is 0 Å². The second kappa shape index (κ2) is 8.11. The van der Waals surface area contributed by atoms with Crippen LogP contribution in [0.1, 0.15) is 25.7 Å². The maximum absolute atomic E-state index is 14.5. The van der Waals surface area contributed by atoms with Gasteiger partial charge in [-0.1, -0.05) is 0 Å². The number of aliphatic hydroxyl groups excluding tert-OH is 2. The Hall–Kier alpha value is -0.100. The first-order valence-corrected chi connectivity index (χ1v) is 11.3. The number of ether oxygens (including phenoxy) is 2. The van der Waals surface area contributed by atoms with Crippen molar-refractivity contribution in [2.75, 3.05) is 19.8 Å². The van der Waals surface area contributed by atoms with Gasteiger partial charge in [0, 0.05) is 24.5 Å². The van der Waals surface area contributed by atoms with Gasteiger partial charge in [-0.25, -0.2) is 4.39 Å². The predicted molar refractivity (Wildman–Crippen MR) is 103 cm³/mol. The molecule has 4 heterocycles. The molecule has 6 unspecified atom stereocenters. The normalized spacial score (nSPS) is 56.2. The largest absolute Gasteiger partial charge is 0.387 e. The summed E-state index contributed by atoms with van der Waals surface area (Å²) in [6.07, 6.45) is -2.03. The van der Waals surface area contributed by atoms with Gasteiger partial charge in [0.2, 0.25) is 0 Å². The van der Waals surface area contributed by atoms with Crippen LogP contribution >= 0.6 is 11.6 Å². The van der Waals surface area contributed by atoms with Crippen molar-refractivity contribution in [3.8, 4) is 0 Å². The van der Waals surface area contributed by atoms with Gasteiger partial charge in [0.05, 0.1) is 25.0 Å². The molecule has 4 saturated heterocycles. The molecule has 12 atom stereocenters. The molecule has 4 aliphatic heterocycles. The number of hydrogen-bond donors (Lipinski definition) is 5. The molecule has 1 aliphatic carbocycles. The fourth-order valence-corrected chi connectivity index (χ4v) is 6.55. The Labute approximate surface area is 175 Å². The fourth-order valence-electron chi connectivity index (χ4n) is 6.22. The van der Waals surface area contributed by atoms with Crippen molar-refractivity contribution in [2.45, 2.75) is 80.2 Å². The number of rotatable bonds is 2. The summed E-state index contributed by atoms with van der Waals surface area (Å²) in [5, 5.41) is 28.2. The van der Waals surface area contributed by atoms with Crippen molar-refractivity contribution in [1.29, 1.82) is 0 Å². The minimum absolute atomic E-state index is 0.0146. The summed E-state index contributed by atoms with van der Waals surface area (Å²) in [6.45, 7) is 1.29. The van der Waals surface area contributed by atoms with Gasteiger partial charge in [0.15, 0.2) is 0 Å². The van der Waals surface area contributed by atoms with Crippen LogP contribution in [0.15, 0.2) is 0 Å². The van der Waals surface area contributed by atoms with E-state index in [1.165, 1.54) is 0 Å². The highest BCUT2D eigenvalue weighted by Crippen LogP contribution is 2.45. The Morgan fingerprint density at radius 1 is 1.03 bits per heavy atom. The molecule has 5 rings (SSSR count). The number of alkyl halides is 2. The van der Waals surface area contributed by atoms with Crippen molar-refractivity contribution in [1.82, 2.24) is 15.5 Å². The highest BCUT2D eigenvalue weighted by molar-refractivity contribution is 6.20. The van der Waals surface area contributed by atoms with E-state index in [0.717, 1.165) is 25.8 Å². The molecule has 5 fully saturated rings. The van der Waals surface area contributed by atoms with Crippen molar-refractivity contribution in [3.05, 3.63) is 0 Å². The van der Waals surface area contributed by atoms with Crippen molar-refractivity contribution < 1.29 is 24.1 Å². The molecule has 6 N–H and O–H groups in total. The highest BCUT2D eigenvalue weighted by atomic mass is 35.5. The zero-order valence-electron chi connectivity index (χ0n) is 16.4. The van der Waals surface area contributed by atoms with Crippen LogP contribution in [0.4, 0.5) is 4.39 Å². The summed E-state index contributed by atoms with van der Waals surface area (Å²) in [6, 6.07) is 0. The molecule has 0 spiro atoms. The second-order valence-electron chi connectivity index (χ2n) is 9.27. The lowest BCUT2D eigenvalue weighted by molar-refractivity contribution is -0.190. The van der Waals surface area contributed by atoms with E-state index < -0.39 is 36.8 Å². The molecule has 0 aromatic rings. The van der Waals surface area contributed by atoms with Gasteiger partial charge in [0.25, 0.3) is 0 Å². The highest BCUT2D eigenvalue weighted by Gasteiger charge is 2.56. The lowest BCUT2D eigenvalue weighted by Crippen LogP contribution is -2.64. The predicted octanol–water partition coefficient (Wildman–Crippen LogP) is -0.723. The van der Waals surface area contributed by atoms with E-state index in [0.29, 0.717) is 13.1 Å². The first-order valence-electron chi connectivity index (χ1n) is 10.8. The van der Waals surface area contributed by atoms with Crippen molar-refractivity contribution in [3.63, 3.8) is 0 Å². The molecule has 0 amide bonds. The number of halogens is 2. The van der Waals surface area contributed by atoms with Crippen molar-refractivity contribution in [2.24, 2.45) is 23.5 Å². The van der Waals surface area contributed by atoms with Crippen LogP contribution in [0.5, 0.6) is 0 Å². The molecular formula is C19H32ClFN4O4. The number of aliphatic hydroxyl groups is 2. The van der Waals surface area contributed by atoms with Crippen LogP contribution < -0.4 is 16.4 Å². The number of likely N-dealkylation sites (tertiary alicyclic amines) is 1. The van der Waals surface area contributed by atoms with E-state index >= 15 is 0 Å². The van der Waals surface area contributed by atoms with Crippen LogP contribution in [-0.4, -0.2) is 89.5 Å². The first kappa shape index (κ1) is 20.8. The summed E-state index contributed by atoms with van der Waals surface area (Å²) >= 11 is 6.29. The summed E-state index contributed by atoms with van der Waals surface area (Å²) in [7, 11) is 0. The van der Waals surface area contributed by atoms with Crippen LogP contribution in [-0.2, 0) is 9.47 Å². The lowest BCUT2D eigenvalue weighted by Gasteiger charge is -2.46. The molecule has 0 bridgehead atoms.